The fourth-order valence-electron chi connectivity index (χ4n) is 3.27. The van der Waals surface area contributed by atoms with E-state index in [2.05, 4.69) is 41.6 Å². The van der Waals surface area contributed by atoms with Gasteiger partial charge in [-0.05, 0) is 23.8 Å². The molecule has 1 fully saturated rings. The molecule has 0 amide bonds. The lowest BCUT2D eigenvalue weighted by molar-refractivity contribution is -0.143. The number of alkyl halides is 3. The second-order valence-electron chi connectivity index (χ2n) is 7.73. The van der Waals surface area contributed by atoms with E-state index in [0.717, 1.165) is 13.0 Å². The van der Waals surface area contributed by atoms with Crippen LogP contribution in [-0.2, 0) is 6.42 Å². The van der Waals surface area contributed by atoms with Crippen LogP contribution in [0.15, 0.2) is 35.3 Å². The summed E-state index contributed by atoms with van der Waals surface area (Å²) in [5.74, 6) is 0.644. The fourth-order valence-corrected chi connectivity index (χ4v) is 3.27. The Labute approximate surface area is 153 Å². The zero-order chi connectivity index (χ0) is 19.2. The normalized spacial score (nSPS) is 19.6. The first-order valence-corrected chi connectivity index (χ1v) is 8.97. The molecule has 1 aromatic rings. The maximum absolute atomic E-state index is 12.5. The smallest absolute Gasteiger partial charge is 0.356 e. The van der Waals surface area contributed by atoms with Gasteiger partial charge in [0.2, 0.25) is 0 Å². The van der Waals surface area contributed by atoms with Crippen LogP contribution >= 0.6 is 0 Å². The highest BCUT2D eigenvalue weighted by Gasteiger charge is 2.34. The Morgan fingerprint density at radius 2 is 1.92 bits per heavy atom. The third kappa shape index (κ3) is 7.23. The molecule has 1 heterocycles. The first-order valence-electron chi connectivity index (χ1n) is 8.97. The minimum Gasteiger partial charge on any atom is -0.356 e. The summed E-state index contributed by atoms with van der Waals surface area (Å²) in [7, 11) is 1.68. The molecule has 0 bridgehead atoms. The van der Waals surface area contributed by atoms with Gasteiger partial charge in [0.05, 0.1) is 6.54 Å². The zero-order valence-electron chi connectivity index (χ0n) is 15.7. The topological polar surface area (TPSA) is 39.7 Å². The first kappa shape index (κ1) is 20.6. The number of hydrogen-bond donors (Lipinski definition) is 2. The molecule has 0 saturated carbocycles. The largest absolute Gasteiger partial charge is 0.401 e. The van der Waals surface area contributed by atoms with Crippen molar-refractivity contribution in [3.8, 4) is 0 Å². The van der Waals surface area contributed by atoms with Crippen molar-refractivity contribution < 1.29 is 13.2 Å². The molecule has 7 heteroatoms. The highest BCUT2D eigenvalue weighted by atomic mass is 19.4. The monoisotopic (exact) mass is 370 g/mol. The van der Waals surface area contributed by atoms with Crippen LogP contribution in [0.3, 0.4) is 0 Å². The number of hydrogen-bond acceptors (Lipinski definition) is 2. The first-order chi connectivity index (χ1) is 12.2. The molecule has 1 unspecified atom stereocenters. The number of aliphatic imine (C=N–C) groups is 1. The van der Waals surface area contributed by atoms with Gasteiger partial charge in [0, 0.05) is 32.7 Å². The van der Waals surface area contributed by atoms with Gasteiger partial charge in [0.1, 0.15) is 0 Å². The van der Waals surface area contributed by atoms with Crippen LogP contribution in [0.4, 0.5) is 13.2 Å². The van der Waals surface area contributed by atoms with Gasteiger partial charge in [-0.15, -0.1) is 0 Å². The van der Waals surface area contributed by atoms with E-state index >= 15 is 0 Å². The molecule has 2 rings (SSSR count). The molecule has 1 atom stereocenters. The van der Waals surface area contributed by atoms with E-state index in [-0.39, 0.29) is 11.5 Å². The third-order valence-electron chi connectivity index (χ3n) is 4.50. The standard InChI is InChI=1S/C19H29F3N4/c1-18(2,11-15-7-5-4-6-8-15)13-24-17(23-3)25-16-9-10-26(12-16)14-19(20,21)22/h4-8,16H,9-14H2,1-3H3,(H2,23,24,25). The molecule has 0 radical (unpaired) electrons. The number of halogens is 3. The third-order valence-corrected chi connectivity index (χ3v) is 4.50. The highest BCUT2D eigenvalue weighted by Crippen LogP contribution is 2.21. The van der Waals surface area contributed by atoms with Crippen molar-refractivity contribution in [3.63, 3.8) is 0 Å². The van der Waals surface area contributed by atoms with E-state index in [4.69, 9.17) is 0 Å². The zero-order valence-corrected chi connectivity index (χ0v) is 15.7. The molecule has 0 spiro atoms. The average molecular weight is 370 g/mol. The van der Waals surface area contributed by atoms with Crippen molar-refractivity contribution in [3.05, 3.63) is 35.9 Å². The molecule has 26 heavy (non-hydrogen) atoms. The van der Waals surface area contributed by atoms with Gasteiger partial charge in [-0.25, -0.2) is 0 Å². The predicted octanol–water partition coefficient (Wildman–Crippen LogP) is 3.06. The molecular weight excluding hydrogens is 341 g/mol. The Bertz CT molecular complexity index is 584. The molecule has 146 valence electrons. The predicted molar refractivity (Wildman–Crippen MR) is 99.3 cm³/mol. The molecule has 1 aliphatic heterocycles. The van der Waals surface area contributed by atoms with Gasteiger partial charge in [-0.1, -0.05) is 44.2 Å². The summed E-state index contributed by atoms with van der Waals surface area (Å²) in [4.78, 5) is 5.65. The summed E-state index contributed by atoms with van der Waals surface area (Å²) in [6.07, 6.45) is -2.53. The molecule has 1 aliphatic rings. The summed E-state index contributed by atoms with van der Waals surface area (Å²) in [5, 5.41) is 6.57. The lowest BCUT2D eigenvalue weighted by Gasteiger charge is -2.27. The second-order valence-corrected chi connectivity index (χ2v) is 7.73. The minimum atomic E-state index is -4.14. The summed E-state index contributed by atoms with van der Waals surface area (Å²) in [6.45, 7) is 5.07. The van der Waals surface area contributed by atoms with E-state index < -0.39 is 12.7 Å². The maximum Gasteiger partial charge on any atom is 0.401 e. The van der Waals surface area contributed by atoms with Crippen molar-refractivity contribution in [2.45, 2.75) is 38.9 Å². The van der Waals surface area contributed by atoms with E-state index in [1.807, 2.05) is 18.2 Å². The SMILES string of the molecule is CN=C(NCC(C)(C)Cc1ccccc1)NC1CCN(CC(F)(F)F)C1. The van der Waals surface area contributed by atoms with Crippen LogP contribution in [0.25, 0.3) is 0 Å². The van der Waals surface area contributed by atoms with Crippen LogP contribution in [0.1, 0.15) is 25.8 Å². The van der Waals surface area contributed by atoms with Gasteiger partial charge in [-0.3, -0.25) is 9.89 Å². The van der Waals surface area contributed by atoms with E-state index in [1.165, 1.54) is 10.5 Å². The number of likely N-dealkylation sites (tertiary alicyclic amines) is 1. The Balaban J connectivity index is 1.79. The van der Waals surface area contributed by atoms with Crippen LogP contribution < -0.4 is 10.6 Å². The number of rotatable bonds is 6. The van der Waals surface area contributed by atoms with E-state index in [0.29, 0.717) is 25.5 Å². The van der Waals surface area contributed by atoms with Crippen molar-refractivity contribution in [1.82, 2.24) is 15.5 Å². The van der Waals surface area contributed by atoms with Crippen LogP contribution in [0.2, 0.25) is 0 Å². The molecule has 1 aromatic carbocycles. The van der Waals surface area contributed by atoms with Crippen molar-refractivity contribution in [2.75, 3.05) is 33.2 Å². The Hall–Kier alpha value is -1.76. The lowest BCUT2D eigenvalue weighted by atomic mass is 9.86. The Kier molecular flexibility index (Phi) is 6.92. The highest BCUT2D eigenvalue weighted by molar-refractivity contribution is 5.80. The number of nitrogens with zero attached hydrogens (tertiary/aromatic N) is 2. The fraction of sp³-hybridized carbons (Fsp3) is 0.632. The van der Waals surface area contributed by atoms with E-state index in [1.54, 1.807) is 7.05 Å². The Morgan fingerprint density at radius 3 is 2.54 bits per heavy atom. The van der Waals surface area contributed by atoms with Gasteiger partial charge in [-0.2, -0.15) is 13.2 Å². The van der Waals surface area contributed by atoms with Crippen LogP contribution in [0.5, 0.6) is 0 Å². The van der Waals surface area contributed by atoms with Gasteiger partial charge in [0.25, 0.3) is 0 Å². The van der Waals surface area contributed by atoms with Gasteiger partial charge in [0.15, 0.2) is 5.96 Å². The van der Waals surface area contributed by atoms with Crippen molar-refractivity contribution in [1.29, 1.82) is 0 Å². The molecule has 0 aliphatic carbocycles. The molecule has 0 aromatic heterocycles. The quantitative estimate of drug-likeness (QED) is 0.597. The summed E-state index contributed by atoms with van der Waals surface area (Å²) < 4.78 is 37.5. The van der Waals surface area contributed by atoms with Gasteiger partial charge < -0.3 is 10.6 Å². The number of guanidine groups is 1. The maximum atomic E-state index is 12.5. The number of nitrogens with one attached hydrogen (secondary N) is 2. The van der Waals surface area contributed by atoms with E-state index in [9.17, 15) is 13.2 Å². The van der Waals surface area contributed by atoms with Gasteiger partial charge >= 0.3 is 6.18 Å². The average Bonchev–Trinajstić information content (AvgIpc) is 2.97. The summed E-state index contributed by atoms with van der Waals surface area (Å²) in [5.41, 5.74) is 1.30. The molecule has 4 nitrogen and oxygen atoms in total. The van der Waals surface area contributed by atoms with Crippen molar-refractivity contribution in [2.24, 2.45) is 10.4 Å². The van der Waals surface area contributed by atoms with Crippen LogP contribution in [0, 0.1) is 5.41 Å². The minimum absolute atomic E-state index is 0.0132. The van der Waals surface area contributed by atoms with Crippen molar-refractivity contribution >= 4 is 5.96 Å². The van der Waals surface area contributed by atoms with Crippen LogP contribution in [-0.4, -0.2) is 56.3 Å². The summed E-state index contributed by atoms with van der Waals surface area (Å²) in [6, 6.07) is 10.3. The second kappa shape index (κ2) is 8.75. The summed E-state index contributed by atoms with van der Waals surface area (Å²) >= 11 is 0. The molecule has 2 N–H and O–H groups in total. The Morgan fingerprint density at radius 1 is 1.23 bits per heavy atom. The lowest BCUT2D eigenvalue weighted by Crippen LogP contribution is -2.47. The molecular formula is C19H29F3N4. The number of benzene rings is 1. The molecule has 1 saturated heterocycles.